The third-order valence-electron chi connectivity index (χ3n) is 12.2. The number of carbonyl (C=O) groups is 2. The maximum Gasteiger partial charge on any atom is 0.323 e. The second-order valence-electron chi connectivity index (χ2n) is 19.6. The molecule has 0 radical (unpaired) electrons. The third-order valence-corrected chi connectivity index (χ3v) is 17.2. The molecule has 2 saturated heterocycles. The van der Waals surface area contributed by atoms with Crippen molar-refractivity contribution in [2.75, 3.05) is 32.7 Å². The van der Waals surface area contributed by atoms with Gasteiger partial charge in [-0.15, -0.1) is 0 Å². The van der Waals surface area contributed by atoms with Crippen molar-refractivity contribution in [3.63, 3.8) is 0 Å². The fraction of sp³-hybridized carbons (Fsp3) is 0.520. The van der Waals surface area contributed by atoms with E-state index in [4.69, 9.17) is 75.9 Å². The van der Waals surface area contributed by atoms with Crippen LogP contribution in [0.25, 0.3) is 22.3 Å². The Hall–Kier alpha value is -5.68. The lowest BCUT2D eigenvalue weighted by molar-refractivity contribution is -0.149. The molecule has 0 spiro atoms. The van der Waals surface area contributed by atoms with E-state index in [1.807, 2.05) is 13.0 Å². The van der Waals surface area contributed by atoms with Gasteiger partial charge in [0.15, 0.2) is 46.1 Å². The van der Waals surface area contributed by atoms with Gasteiger partial charge in [0, 0.05) is 0 Å². The summed E-state index contributed by atoms with van der Waals surface area (Å²) < 4.78 is 91.9. The molecule has 6 aromatic rings. The van der Waals surface area contributed by atoms with Crippen LogP contribution in [-0.2, 0) is 61.2 Å². The van der Waals surface area contributed by atoms with Crippen LogP contribution in [0.3, 0.4) is 0 Å². The molecular formula is C50H67F2N11O14P2S2. The number of nitrogens with two attached hydrogens (primary N) is 1. The lowest BCUT2D eigenvalue weighted by Crippen LogP contribution is -2.41. The van der Waals surface area contributed by atoms with E-state index in [9.17, 15) is 19.8 Å². The summed E-state index contributed by atoms with van der Waals surface area (Å²) in [7, 11) is 1.39. The highest BCUT2D eigenvalue weighted by atomic mass is 32.5. The lowest BCUT2D eigenvalue weighted by atomic mass is 9.98. The number of hydrogen-bond donors (Lipinski definition) is 5. The van der Waals surface area contributed by atoms with Crippen molar-refractivity contribution in [1.82, 2.24) is 49.2 Å². The highest BCUT2D eigenvalue weighted by Gasteiger charge is 2.57. The van der Waals surface area contributed by atoms with Crippen molar-refractivity contribution >= 4 is 77.1 Å². The van der Waals surface area contributed by atoms with Crippen molar-refractivity contribution in [2.24, 2.45) is 0 Å². The first-order chi connectivity index (χ1) is 38.2. The normalized spacial score (nSPS) is 24.9. The molecule has 0 unspecified atom stereocenters. The van der Waals surface area contributed by atoms with Gasteiger partial charge in [-0.1, -0.05) is 36.4 Å². The maximum absolute atomic E-state index is 16.1. The smallest absolute Gasteiger partial charge is 0.323 e. The zero-order valence-corrected chi connectivity index (χ0v) is 49.7. The molecule has 2 aliphatic rings. The highest BCUT2D eigenvalue weighted by Crippen LogP contribution is 2.50. The number of aryl methyl sites for hydroxylation is 1. The number of halogens is 2. The number of fused-ring (bicyclic) bond motifs is 2. The van der Waals surface area contributed by atoms with E-state index in [0.29, 0.717) is 35.1 Å². The van der Waals surface area contributed by atoms with Crippen molar-refractivity contribution in [3.05, 3.63) is 79.1 Å². The van der Waals surface area contributed by atoms with Gasteiger partial charge in [0.2, 0.25) is 17.7 Å². The number of methoxy groups -OCH3 is 1. The zero-order chi connectivity index (χ0) is 59.2. The topological polar surface area (TPSA) is 304 Å². The van der Waals surface area contributed by atoms with Gasteiger partial charge in [0.05, 0.1) is 51.8 Å². The van der Waals surface area contributed by atoms with Gasteiger partial charge in [0.1, 0.15) is 53.8 Å². The number of alkyl halides is 2. The fourth-order valence-electron chi connectivity index (χ4n) is 8.34. The molecule has 442 valence electrons. The number of rotatable bonds is 23. The Bertz CT molecular complexity index is 3230. The first-order valence-corrected chi connectivity index (χ1v) is 30.8. The number of aliphatic hydroxyl groups excluding tert-OH is 2. The number of ether oxygens (including phenoxy) is 6. The number of para-hydroxylation sites is 2. The number of nitrogens with one attached hydrogen (secondary N) is 2. The van der Waals surface area contributed by atoms with E-state index in [-0.39, 0.29) is 54.3 Å². The molecule has 2 aromatic carbocycles. The average Bonchev–Trinajstić information content (AvgIpc) is 3.21. The minimum Gasteiger partial charge on any atom is -0.479 e. The number of carbonyl (C=O) groups excluding carboxylic acids is 2. The highest BCUT2D eigenvalue weighted by molar-refractivity contribution is 8.09. The van der Waals surface area contributed by atoms with Crippen LogP contribution < -0.4 is 34.4 Å². The van der Waals surface area contributed by atoms with Crippen LogP contribution in [0.15, 0.2) is 73.3 Å². The van der Waals surface area contributed by atoms with Crippen molar-refractivity contribution < 1.29 is 75.1 Å². The van der Waals surface area contributed by atoms with Gasteiger partial charge in [-0.25, -0.2) is 33.9 Å². The summed E-state index contributed by atoms with van der Waals surface area (Å²) in [5, 5.41) is 27.7. The quantitative estimate of drug-likeness (QED) is 0.0341. The summed E-state index contributed by atoms with van der Waals surface area (Å²) >= 11 is 11.4. The van der Waals surface area contributed by atoms with Crippen molar-refractivity contribution in [3.8, 4) is 23.3 Å². The fourth-order valence-corrected chi connectivity index (χ4v) is 13.2. The van der Waals surface area contributed by atoms with Crippen LogP contribution >= 0.6 is 13.3 Å². The Balaban J connectivity index is 0.000000234. The van der Waals surface area contributed by atoms with E-state index in [2.05, 4.69) is 40.1 Å². The van der Waals surface area contributed by atoms with Gasteiger partial charge >= 0.3 is 25.2 Å². The van der Waals surface area contributed by atoms with E-state index in [1.165, 1.54) is 42.7 Å². The number of hydrogen-bond acceptors (Lipinski definition) is 23. The summed E-state index contributed by atoms with van der Waals surface area (Å²) in [4.78, 5) is 50.2. The molecule has 2 fully saturated rings. The second-order valence-corrected chi connectivity index (χ2v) is 25.8. The number of imidazole rings is 2. The molecule has 4 aromatic heterocycles. The molecule has 0 aliphatic carbocycles. The summed E-state index contributed by atoms with van der Waals surface area (Å²) in [5.41, 5.74) is 2.24. The molecular weight excluding hydrogens is 1140 g/mol. The molecule has 81 heavy (non-hydrogen) atoms. The first-order valence-electron chi connectivity index (χ1n) is 25.6. The van der Waals surface area contributed by atoms with Crippen LogP contribution in [0.1, 0.15) is 80.6 Å². The number of aliphatic hydroxyl groups is 2. The van der Waals surface area contributed by atoms with Gasteiger partial charge in [0.25, 0.3) is 0 Å². The van der Waals surface area contributed by atoms with Crippen LogP contribution in [-0.4, -0.2) is 148 Å². The molecule has 0 amide bonds. The largest absolute Gasteiger partial charge is 0.479 e. The van der Waals surface area contributed by atoms with Gasteiger partial charge in [-0.2, -0.15) is 15.0 Å². The SMILES string of the molecule is CCOc1nc(C)nc2c1ncn2[C@@H]1O[C@H](CO[P@@](=S)(N[C@H](C)C(=O)OC(C)C)Oc2ccccc2)[C@@H](O)[C@@]1(C)F.COc1nc(N)nc2c1ncn2[C@@H]1O[C@H](CO[P@@](=S)(N[C@H](C)C(=O)OC(C)C)Oc2ccccc2)[C@@H](O)[C@@]1(C)F. The van der Waals surface area contributed by atoms with Crippen molar-refractivity contribution in [2.45, 2.75) is 142 Å². The number of nitrogen functional groups attached to an aromatic ring is 1. The Morgan fingerprint density at radius 1 is 0.716 bits per heavy atom. The first kappa shape index (κ1) is 62.9. The Morgan fingerprint density at radius 3 is 1.54 bits per heavy atom. The van der Waals surface area contributed by atoms with E-state index in [1.54, 1.807) is 103 Å². The average molecular weight is 1210 g/mol. The van der Waals surface area contributed by atoms with E-state index >= 15 is 8.78 Å². The molecule has 31 heteroatoms. The minimum atomic E-state index is -3.46. The number of esters is 2. The Labute approximate surface area is 476 Å². The second kappa shape index (κ2) is 26.3. The molecule has 25 nitrogen and oxygen atoms in total. The molecule has 6 heterocycles. The zero-order valence-electron chi connectivity index (χ0n) is 46.2. The summed E-state index contributed by atoms with van der Waals surface area (Å²) in [5.74, 6) is 0.355. The standard InChI is InChI=1S/C26H35FN5O7PS.C24H32FN6O7PS/c1-7-35-23-20-22(29-17(5)30-23)32(14-28-20)25-26(6,27)21(33)19(38-25)13-36-40(41,39-18-11-9-8-10-12-18)31-16(4)24(34)37-15(2)3;1-13(2)36-21(33)14(3)30-39(40,38-15-9-7-6-8-10-15)35-11-16-18(32)24(4,25)22(37-16)31-12-27-17-19(31)28-23(26)29-20(17)34-5/h8-12,14-16,19,21,25,33H,7,13H2,1-6H3,(H,31,41);6-10,12-14,16,18,22,32H,11H2,1-5H3,(H,30,40)(H2,26,28,29)/t16-,19-,21-,25-,26-,40+;14-,16-,18-,22-,24-,39+/m11/s1. The maximum atomic E-state index is 16.1. The number of benzene rings is 2. The summed E-state index contributed by atoms with van der Waals surface area (Å²) in [6.07, 6.45) is -6.25. The molecule has 2 aliphatic heterocycles. The predicted octanol–water partition coefficient (Wildman–Crippen LogP) is 6.42. The number of aromatic nitrogens is 8. The summed E-state index contributed by atoms with van der Waals surface area (Å²) in [6, 6.07) is 15.6. The van der Waals surface area contributed by atoms with E-state index in [0.717, 1.165) is 0 Å². The Morgan fingerprint density at radius 2 is 1.14 bits per heavy atom. The van der Waals surface area contributed by atoms with Crippen molar-refractivity contribution in [1.29, 1.82) is 0 Å². The van der Waals surface area contributed by atoms with Crippen LogP contribution in [0.2, 0.25) is 0 Å². The molecule has 12 atom stereocenters. The van der Waals surface area contributed by atoms with Gasteiger partial charge < -0.3 is 62.5 Å². The predicted molar refractivity (Wildman–Crippen MR) is 299 cm³/mol. The van der Waals surface area contributed by atoms with Crippen LogP contribution in [0, 0.1) is 6.92 Å². The Kier molecular flexibility index (Phi) is 20.4. The van der Waals surface area contributed by atoms with E-state index < -0.39 is 85.5 Å². The molecule has 8 rings (SSSR count). The minimum absolute atomic E-state index is 0.107. The van der Waals surface area contributed by atoms with Gasteiger partial charge in [-0.05, 0) is 117 Å². The molecule has 6 N–H and O–H groups in total. The lowest BCUT2D eigenvalue weighted by Gasteiger charge is -2.28. The number of nitrogens with zero attached hydrogens (tertiary/aromatic N) is 8. The monoisotopic (exact) mass is 1210 g/mol. The summed E-state index contributed by atoms with van der Waals surface area (Å²) in [6.45, 7) is 8.70. The van der Waals surface area contributed by atoms with Crippen LogP contribution in [0.4, 0.5) is 14.7 Å². The number of anilines is 1. The third kappa shape index (κ3) is 14.9. The van der Waals surface area contributed by atoms with Gasteiger partial charge in [-0.3, -0.25) is 18.7 Å². The molecule has 0 saturated carbocycles. The molecule has 0 bridgehead atoms. The van der Waals surface area contributed by atoms with Crippen LogP contribution in [0.5, 0.6) is 23.3 Å².